The third kappa shape index (κ3) is 2.32. The maximum Gasteiger partial charge on any atom is 0.0568 e. The molecule has 2 unspecified atom stereocenters. The lowest BCUT2D eigenvalue weighted by atomic mass is 9.97. The topological polar surface area (TPSA) is 33.1 Å². The van der Waals surface area contributed by atoms with Gasteiger partial charge in [-0.25, -0.2) is 0 Å². The lowest BCUT2D eigenvalue weighted by Crippen LogP contribution is -2.13. The quantitative estimate of drug-likeness (QED) is 0.794. The molecule has 14 heavy (non-hydrogen) atoms. The van der Waals surface area contributed by atoms with Crippen molar-refractivity contribution < 1.29 is 5.11 Å². The standard InChI is InChI=1S/C12H17NO/c14-12-3-1-2-11(12)5-4-10-6-8-13-9-7-10/h6-9,11-12,14H,1-5H2. The van der Waals surface area contributed by atoms with Gasteiger partial charge in [0.1, 0.15) is 0 Å². The van der Waals surface area contributed by atoms with E-state index in [0.717, 1.165) is 19.3 Å². The molecule has 2 rings (SSSR count). The minimum atomic E-state index is -0.0446. The Balaban J connectivity index is 1.82. The van der Waals surface area contributed by atoms with Gasteiger partial charge in [0, 0.05) is 12.4 Å². The summed E-state index contributed by atoms with van der Waals surface area (Å²) in [6, 6.07) is 4.11. The van der Waals surface area contributed by atoms with E-state index < -0.39 is 0 Å². The molecule has 1 fully saturated rings. The van der Waals surface area contributed by atoms with Crippen LogP contribution < -0.4 is 0 Å². The largest absolute Gasteiger partial charge is 0.393 e. The van der Waals surface area contributed by atoms with Gasteiger partial charge >= 0.3 is 0 Å². The van der Waals surface area contributed by atoms with Crippen LogP contribution in [0.25, 0.3) is 0 Å². The number of hydrogen-bond acceptors (Lipinski definition) is 2. The highest BCUT2D eigenvalue weighted by molar-refractivity contribution is 5.09. The zero-order valence-electron chi connectivity index (χ0n) is 8.39. The summed E-state index contributed by atoms with van der Waals surface area (Å²) in [7, 11) is 0. The van der Waals surface area contributed by atoms with Gasteiger partial charge in [0.05, 0.1) is 6.10 Å². The molecule has 0 aromatic carbocycles. The van der Waals surface area contributed by atoms with Crippen LogP contribution in [0.15, 0.2) is 24.5 Å². The first-order valence-corrected chi connectivity index (χ1v) is 5.43. The molecule has 1 aromatic heterocycles. The number of aryl methyl sites for hydroxylation is 1. The van der Waals surface area contributed by atoms with Crippen LogP contribution in [-0.2, 0) is 6.42 Å². The fourth-order valence-electron chi connectivity index (χ4n) is 2.26. The summed E-state index contributed by atoms with van der Waals surface area (Å²) in [5, 5.41) is 9.65. The van der Waals surface area contributed by atoms with Crippen LogP contribution in [-0.4, -0.2) is 16.2 Å². The molecule has 1 N–H and O–H groups in total. The smallest absolute Gasteiger partial charge is 0.0568 e. The number of hydrogen-bond donors (Lipinski definition) is 1. The van der Waals surface area contributed by atoms with Crippen LogP contribution in [0.4, 0.5) is 0 Å². The van der Waals surface area contributed by atoms with Crippen LogP contribution in [0.1, 0.15) is 31.2 Å². The molecule has 2 nitrogen and oxygen atoms in total. The molecular formula is C12H17NO. The molecule has 2 atom stereocenters. The van der Waals surface area contributed by atoms with Crippen molar-refractivity contribution in [3.63, 3.8) is 0 Å². The molecule has 0 radical (unpaired) electrons. The minimum absolute atomic E-state index is 0.0446. The summed E-state index contributed by atoms with van der Waals surface area (Å²) < 4.78 is 0. The van der Waals surface area contributed by atoms with E-state index in [-0.39, 0.29) is 6.10 Å². The SMILES string of the molecule is OC1CCCC1CCc1ccncc1. The zero-order chi connectivity index (χ0) is 9.80. The molecule has 0 bridgehead atoms. The Hall–Kier alpha value is -0.890. The summed E-state index contributed by atoms with van der Waals surface area (Å²) >= 11 is 0. The van der Waals surface area contributed by atoms with Crippen LogP contribution in [0.3, 0.4) is 0 Å². The van der Waals surface area contributed by atoms with Gasteiger partial charge < -0.3 is 5.11 Å². The highest BCUT2D eigenvalue weighted by Gasteiger charge is 2.24. The van der Waals surface area contributed by atoms with Crippen molar-refractivity contribution in [2.45, 2.75) is 38.2 Å². The van der Waals surface area contributed by atoms with E-state index in [1.165, 1.54) is 18.4 Å². The van der Waals surface area contributed by atoms with Gasteiger partial charge in [-0.3, -0.25) is 4.98 Å². The average molecular weight is 191 g/mol. The Morgan fingerprint density at radius 1 is 1.29 bits per heavy atom. The van der Waals surface area contributed by atoms with Gasteiger partial charge in [-0.2, -0.15) is 0 Å². The summed E-state index contributed by atoms with van der Waals surface area (Å²) in [5.41, 5.74) is 1.33. The Kier molecular flexibility index (Phi) is 3.14. The van der Waals surface area contributed by atoms with Gasteiger partial charge in [0.15, 0.2) is 0 Å². The molecule has 0 saturated heterocycles. The molecule has 1 aliphatic rings. The van der Waals surface area contributed by atoms with Crippen molar-refractivity contribution in [2.75, 3.05) is 0 Å². The summed E-state index contributed by atoms with van der Waals surface area (Å²) in [6.07, 6.45) is 9.21. The van der Waals surface area contributed by atoms with E-state index in [9.17, 15) is 5.11 Å². The van der Waals surface area contributed by atoms with Crippen molar-refractivity contribution in [2.24, 2.45) is 5.92 Å². The third-order valence-electron chi connectivity index (χ3n) is 3.17. The first-order valence-electron chi connectivity index (χ1n) is 5.43. The lowest BCUT2D eigenvalue weighted by Gasteiger charge is -2.13. The molecule has 0 spiro atoms. The van der Waals surface area contributed by atoms with Gasteiger partial charge in [-0.15, -0.1) is 0 Å². The van der Waals surface area contributed by atoms with Crippen molar-refractivity contribution in [3.8, 4) is 0 Å². The Morgan fingerprint density at radius 2 is 2.07 bits per heavy atom. The monoisotopic (exact) mass is 191 g/mol. The molecule has 1 saturated carbocycles. The second-order valence-electron chi connectivity index (χ2n) is 4.15. The number of pyridine rings is 1. The predicted molar refractivity (Wildman–Crippen MR) is 55.9 cm³/mol. The van der Waals surface area contributed by atoms with Crippen LogP contribution in [0, 0.1) is 5.92 Å². The summed E-state index contributed by atoms with van der Waals surface area (Å²) in [6.45, 7) is 0. The number of aromatic nitrogens is 1. The Labute approximate surface area is 85.0 Å². The fraction of sp³-hybridized carbons (Fsp3) is 0.583. The zero-order valence-corrected chi connectivity index (χ0v) is 8.39. The van der Waals surface area contributed by atoms with E-state index in [4.69, 9.17) is 0 Å². The molecule has 0 amide bonds. The maximum absolute atomic E-state index is 9.65. The normalized spacial score (nSPS) is 26.6. The van der Waals surface area contributed by atoms with Crippen LogP contribution in [0.5, 0.6) is 0 Å². The molecule has 1 aromatic rings. The average Bonchev–Trinajstić information content (AvgIpc) is 2.63. The second-order valence-corrected chi connectivity index (χ2v) is 4.15. The number of rotatable bonds is 3. The first kappa shape index (κ1) is 9.66. The minimum Gasteiger partial charge on any atom is -0.393 e. The van der Waals surface area contributed by atoms with E-state index in [0.29, 0.717) is 5.92 Å². The summed E-state index contributed by atoms with van der Waals surface area (Å²) in [5.74, 6) is 0.531. The fourth-order valence-corrected chi connectivity index (χ4v) is 2.26. The third-order valence-corrected chi connectivity index (χ3v) is 3.17. The molecule has 0 aliphatic heterocycles. The highest BCUT2D eigenvalue weighted by Crippen LogP contribution is 2.29. The second kappa shape index (κ2) is 4.56. The van der Waals surface area contributed by atoms with E-state index in [2.05, 4.69) is 17.1 Å². The number of nitrogens with zero attached hydrogens (tertiary/aromatic N) is 1. The van der Waals surface area contributed by atoms with Gasteiger partial charge in [-0.05, 0) is 49.3 Å². The van der Waals surface area contributed by atoms with E-state index in [1.54, 1.807) is 0 Å². The Bertz CT molecular complexity index is 273. The van der Waals surface area contributed by atoms with Gasteiger partial charge in [-0.1, -0.05) is 6.42 Å². The highest BCUT2D eigenvalue weighted by atomic mass is 16.3. The molecule has 76 valence electrons. The van der Waals surface area contributed by atoms with Gasteiger partial charge in [0.25, 0.3) is 0 Å². The molecular weight excluding hydrogens is 174 g/mol. The predicted octanol–water partition coefficient (Wildman–Crippen LogP) is 2.18. The van der Waals surface area contributed by atoms with Crippen molar-refractivity contribution in [1.82, 2.24) is 4.98 Å². The molecule has 1 heterocycles. The maximum atomic E-state index is 9.65. The van der Waals surface area contributed by atoms with E-state index in [1.807, 2.05) is 12.4 Å². The van der Waals surface area contributed by atoms with Crippen LogP contribution in [0.2, 0.25) is 0 Å². The Morgan fingerprint density at radius 3 is 2.71 bits per heavy atom. The van der Waals surface area contributed by atoms with Gasteiger partial charge in [0.2, 0.25) is 0 Å². The summed E-state index contributed by atoms with van der Waals surface area (Å²) in [4.78, 5) is 3.99. The van der Waals surface area contributed by atoms with Crippen molar-refractivity contribution in [1.29, 1.82) is 0 Å². The van der Waals surface area contributed by atoms with Crippen molar-refractivity contribution >= 4 is 0 Å². The van der Waals surface area contributed by atoms with Crippen LogP contribution >= 0.6 is 0 Å². The lowest BCUT2D eigenvalue weighted by molar-refractivity contribution is 0.128. The molecule has 1 aliphatic carbocycles. The van der Waals surface area contributed by atoms with E-state index >= 15 is 0 Å². The van der Waals surface area contributed by atoms with Crippen molar-refractivity contribution in [3.05, 3.63) is 30.1 Å². The number of aliphatic hydroxyl groups is 1. The molecule has 2 heteroatoms. The first-order chi connectivity index (χ1) is 6.86. The number of aliphatic hydroxyl groups excluding tert-OH is 1.